The number of rotatable bonds is 5. The fourth-order valence-electron chi connectivity index (χ4n) is 3.36. The number of halogens is 1. The maximum atomic E-state index is 13.8. The number of hydrogen-bond donors (Lipinski definition) is 2. The van der Waals surface area contributed by atoms with E-state index in [-0.39, 0.29) is 10.8 Å². The van der Waals surface area contributed by atoms with Gasteiger partial charge in [0.2, 0.25) is 0 Å². The fourth-order valence-corrected chi connectivity index (χ4v) is 3.52. The molecule has 2 aromatic heterocycles. The molecule has 0 spiro atoms. The number of hydrogen-bond acceptors (Lipinski definition) is 4. The minimum absolute atomic E-state index is 0.164. The van der Waals surface area contributed by atoms with Crippen molar-refractivity contribution in [1.82, 2.24) is 15.2 Å². The molecule has 5 aromatic rings. The van der Waals surface area contributed by atoms with Gasteiger partial charge in [0.1, 0.15) is 17.1 Å². The number of furan rings is 1. The molecule has 0 fully saturated rings. The zero-order valence-electron chi connectivity index (χ0n) is 17.3. The predicted octanol–water partition coefficient (Wildman–Crippen LogP) is 5.75. The van der Waals surface area contributed by atoms with E-state index in [0.717, 1.165) is 22.2 Å². The molecule has 0 amide bonds. The molecule has 0 aliphatic heterocycles. The van der Waals surface area contributed by atoms with Crippen LogP contribution in [0.1, 0.15) is 5.56 Å². The Labute approximate surface area is 194 Å². The summed E-state index contributed by atoms with van der Waals surface area (Å²) in [4.78, 5) is 0. The van der Waals surface area contributed by atoms with Gasteiger partial charge in [0.15, 0.2) is 10.9 Å². The van der Waals surface area contributed by atoms with Crippen LogP contribution in [0.5, 0.6) is 0 Å². The van der Waals surface area contributed by atoms with E-state index >= 15 is 0 Å². The van der Waals surface area contributed by atoms with E-state index in [4.69, 9.17) is 21.7 Å². The molecule has 0 saturated carbocycles. The van der Waals surface area contributed by atoms with Gasteiger partial charge in [-0.3, -0.25) is 5.43 Å². The van der Waals surface area contributed by atoms with Crippen molar-refractivity contribution in [1.29, 1.82) is 0 Å². The van der Waals surface area contributed by atoms with Gasteiger partial charge in [0.25, 0.3) is 0 Å². The molecule has 8 heteroatoms. The van der Waals surface area contributed by atoms with Crippen LogP contribution >= 0.6 is 12.2 Å². The monoisotopic (exact) mass is 455 g/mol. The van der Waals surface area contributed by atoms with Crippen molar-refractivity contribution in [3.8, 4) is 17.1 Å². The number of aromatic nitrogens is 2. The van der Waals surface area contributed by atoms with Crippen molar-refractivity contribution in [2.24, 2.45) is 5.10 Å². The highest BCUT2D eigenvalue weighted by atomic mass is 32.1. The van der Waals surface area contributed by atoms with Crippen molar-refractivity contribution in [2.45, 2.75) is 0 Å². The number of anilines is 1. The van der Waals surface area contributed by atoms with Crippen LogP contribution in [-0.2, 0) is 0 Å². The molecule has 0 bridgehead atoms. The Kier molecular flexibility index (Phi) is 5.65. The summed E-state index contributed by atoms with van der Waals surface area (Å²) in [5.41, 5.74) is 6.02. The minimum atomic E-state index is -0.401. The van der Waals surface area contributed by atoms with Crippen molar-refractivity contribution >= 4 is 40.2 Å². The molecular weight excluding hydrogens is 437 g/mol. The highest BCUT2D eigenvalue weighted by molar-refractivity contribution is 7.80. The van der Waals surface area contributed by atoms with Crippen LogP contribution in [0.4, 0.5) is 10.1 Å². The lowest BCUT2D eigenvalue weighted by Gasteiger charge is -2.07. The van der Waals surface area contributed by atoms with Crippen LogP contribution in [0.15, 0.2) is 101 Å². The van der Waals surface area contributed by atoms with Gasteiger partial charge in [0, 0.05) is 17.1 Å². The van der Waals surface area contributed by atoms with Crippen LogP contribution in [0.25, 0.3) is 28.1 Å². The SMILES string of the molecule is Fc1ccccc1NC(=S)N/N=C/c1cn(-c2ccccc2)nc1-c1cc2ccccc2o1. The topological polar surface area (TPSA) is 67.4 Å². The quantitative estimate of drug-likeness (QED) is 0.201. The van der Waals surface area contributed by atoms with Gasteiger partial charge in [-0.2, -0.15) is 10.2 Å². The van der Waals surface area contributed by atoms with Gasteiger partial charge >= 0.3 is 0 Å². The van der Waals surface area contributed by atoms with Crippen molar-refractivity contribution in [2.75, 3.05) is 5.32 Å². The number of nitrogens with zero attached hydrogens (tertiary/aromatic N) is 3. The normalized spacial score (nSPS) is 11.2. The second-order valence-electron chi connectivity index (χ2n) is 7.17. The number of benzene rings is 3. The lowest BCUT2D eigenvalue weighted by Crippen LogP contribution is -2.24. The zero-order chi connectivity index (χ0) is 22.6. The minimum Gasteiger partial charge on any atom is -0.454 e. The lowest BCUT2D eigenvalue weighted by atomic mass is 10.2. The van der Waals surface area contributed by atoms with Gasteiger partial charge < -0.3 is 9.73 Å². The molecule has 0 aliphatic carbocycles. The maximum absolute atomic E-state index is 13.8. The third-order valence-corrected chi connectivity index (χ3v) is 5.11. The Bertz CT molecular complexity index is 1430. The first-order valence-corrected chi connectivity index (χ1v) is 10.6. The van der Waals surface area contributed by atoms with Crippen molar-refractivity contribution in [3.05, 3.63) is 103 Å². The molecule has 6 nitrogen and oxygen atoms in total. The van der Waals surface area contributed by atoms with Crippen LogP contribution in [0.3, 0.4) is 0 Å². The summed E-state index contributed by atoms with van der Waals surface area (Å²) < 4.78 is 21.6. The van der Waals surface area contributed by atoms with Crippen LogP contribution in [0.2, 0.25) is 0 Å². The lowest BCUT2D eigenvalue weighted by molar-refractivity contribution is 0.627. The van der Waals surface area contributed by atoms with E-state index in [1.807, 2.05) is 66.9 Å². The van der Waals surface area contributed by atoms with Crippen LogP contribution in [-0.4, -0.2) is 21.1 Å². The highest BCUT2D eigenvalue weighted by Gasteiger charge is 2.15. The van der Waals surface area contributed by atoms with Crippen molar-refractivity contribution in [3.63, 3.8) is 0 Å². The molecule has 2 N–H and O–H groups in total. The molecular formula is C25H18FN5OS. The number of para-hydroxylation sites is 3. The molecule has 0 unspecified atom stereocenters. The van der Waals surface area contributed by atoms with E-state index < -0.39 is 5.82 Å². The predicted molar refractivity (Wildman–Crippen MR) is 132 cm³/mol. The van der Waals surface area contributed by atoms with Gasteiger partial charge in [-0.25, -0.2) is 9.07 Å². The average Bonchev–Trinajstić information content (AvgIpc) is 3.45. The third-order valence-electron chi connectivity index (χ3n) is 4.91. The van der Waals surface area contributed by atoms with Gasteiger partial charge in [-0.15, -0.1) is 0 Å². The molecule has 0 radical (unpaired) electrons. The van der Waals surface area contributed by atoms with Gasteiger partial charge in [-0.05, 0) is 48.6 Å². The molecule has 3 aromatic carbocycles. The standard InChI is InChI=1S/C25H18FN5OS/c26-20-11-5-6-12-21(20)28-25(33)29-27-15-18-16-31(19-9-2-1-3-10-19)30-24(18)23-14-17-8-4-7-13-22(17)32-23/h1-16H,(H2,28,29,33)/b27-15+. The second-order valence-corrected chi connectivity index (χ2v) is 7.57. The molecule has 2 heterocycles. The third kappa shape index (κ3) is 4.51. The largest absolute Gasteiger partial charge is 0.454 e. The molecule has 0 aliphatic rings. The first-order chi connectivity index (χ1) is 16.2. The Morgan fingerprint density at radius 1 is 1.00 bits per heavy atom. The molecule has 162 valence electrons. The first-order valence-electron chi connectivity index (χ1n) is 10.2. The summed E-state index contributed by atoms with van der Waals surface area (Å²) in [6.45, 7) is 0. The first kappa shape index (κ1) is 20.6. The Hall–Kier alpha value is -4.30. The number of nitrogens with one attached hydrogen (secondary N) is 2. The van der Waals surface area contributed by atoms with E-state index in [2.05, 4.69) is 15.8 Å². The summed E-state index contributed by atoms with van der Waals surface area (Å²) in [5.74, 6) is 0.223. The molecule has 0 atom stereocenters. The summed E-state index contributed by atoms with van der Waals surface area (Å²) in [5, 5.41) is 12.9. The molecule has 33 heavy (non-hydrogen) atoms. The summed E-state index contributed by atoms with van der Waals surface area (Å²) in [6, 6.07) is 25.8. The Balaban J connectivity index is 1.43. The Morgan fingerprint density at radius 2 is 1.76 bits per heavy atom. The average molecular weight is 456 g/mol. The van der Waals surface area contributed by atoms with Gasteiger partial charge in [-0.1, -0.05) is 48.5 Å². The zero-order valence-corrected chi connectivity index (χ0v) is 18.1. The number of thiocarbonyl (C=S) groups is 1. The Morgan fingerprint density at radius 3 is 2.58 bits per heavy atom. The highest BCUT2D eigenvalue weighted by Crippen LogP contribution is 2.29. The summed E-state index contributed by atoms with van der Waals surface area (Å²) in [7, 11) is 0. The summed E-state index contributed by atoms with van der Waals surface area (Å²) in [6.07, 6.45) is 3.46. The van der Waals surface area contributed by atoms with Crippen molar-refractivity contribution < 1.29 is 8.81 Å². The number of fused-ring (bicyclic) bond motifs is 1. The second kappa shape index (κ2) is 9.05. The molecule has 5 rings (SSSR count). The molecule has 0 saturated heterocycles. The van der Waals surface area contributed by atoms with E-state index in [1.165, 1.54) is 6.07 Å². The van der Waals surface area contributed by atoms with E-state index in [9.17, 15) is 4.39 Å². The number of hydrazone groups is 1. The maximum Gasteiger partial charge on any atom is 0.191 e. The smallest absolute Gasteiger partial charge is 0.191 e. The van der Waals surface area contributed by atoms with Crippen LogP contribution < -0.4 is 10.7 Å². The van der Waals surface area contributed by atoms with E-state index in [0.29, 0.717) is 11.5 Å². The van der Waals surface area contributed by atoms with Crippen LogP contribution in [0, 0.1) is 5.82 Å². The van der Waals surface area contributed by atoms with Gasteiger partial charge in [0.05, 0.1) is 17.6 Å². The summed E-state index contributed by atoms with van der Waals surface area (Å²) >= 11 is 5.22. The van der Waals surface area contributed by atoms with E-state index in [1.54, 1.807) is 29.1 Å². The fraction of sp³-hybridized carbons (Fsp3) is 0.